The molecule has 1 saturated carbocycles. The fourth-order valence-corrected chi connectivity index (χ4v) is 3.86. The summed E-state index contributed by atoms with van der Waals surface area (Å²) in [4.78, 5) is 0. The first-order valence-electron chi connectivity index (χ1n) is 8.13. The Morgan fingerprint density at radius 2 is 2.25 bits per heavy atom. The first-order chi connectivity index (χ1) is 9.76. The molecular formula is C16H27N3O. The van der Waals surface area contributed by atoms with Crippen LogP contribution >= 0.6 is 0 Å². The van der Waals surface area contributed by atoms with E-state index in [1.54, 1.807) is 0 Å². The predicted molar refractivity (Wildman–Crippen MR) is 79.6 cm³/mol. The van der Waals surface area contributed by atoms with Crippen molar-refractivity contribution in [1.29, 1.82) is 0 Å². The molecule has 1 aromatic heterocycles. The number of hydrogen-bond acceptors (Lipinski definition) is 3. The molecule has 4 nitrogen and oxygen atoms in total. The summed E-state index contributed by atoms with van der Waals surface area (Å²) >= 11 is 0. The van der Waals surface area contributed by atoms with Gasteiger partial charge in [0.05, 0.1) is 12.1 Å². The van der Waals surface area contributed by atoms with Crippen molar-refractivity contribution in [2.45, 2.75) is 76.1 Å². The zero-order chi connectivity index (χ0) is 13.8. The maximum Gasteiger partial charge on any atom is 0.0697 e. The van der Waals surface area contributed by atoms with Crippen LogP contribution in [-0.2, 0) is 11.3 Å². The zero-order valence-corrected chi connectivity index (χ0v) is 12.6. The molecule has 0 bridgehead atoms. The van der Waals surface area contributed by atoms with E-state index < -0.39 is 0 Å². The van der Waals surface area contributed by atoms with Gasteiger partial charge in [0.2, 0.25) is 0 Å². The highest BCUT2D eigenvalue weighted by molar-refractivity contribution is 4.92. The molecule has 2 heterocycles. The number of aromatic nitrogens is 2. The number of hydrogen-bond donors (Lipinski definition) is 1. The van der Waals surface area contributed by atoms with Gasteiger partial charge in [0.25, 0.3) is 0 Å². The highest BCUT2D eigenvalue weighted by atomic mass is 16.5. The van der Waals surface area contributed by atoms with Crippen LogP contribution in [0.2, 0.25) is 0 Å². The minimum absolute atomic E-state index is 0.194. The van der Waals surface area contributed by atoms with E-state index >= 15 is 0 Å². The average Bonchev–Trinajstić information content (AvgIpc) is 2.92. The molecule has 20 heavy (non-hydrogen) atoms. The largest absolute Gasteiger partial charge is 0.375 e. The maximum absolute atomic E-state index is 6.17. The second-order valence-corrected chi connectivity index (χ2v) is 6.58. The monoisotopic (exact) mass is 277 g/mol. The minimum atomic E-state index is 0.194. The van der Waals surface area contributed by atoms with Crippen molar-refractivity contribution < 1.29 is 4.74 Å². The number of nitrogens with zero attached hydrogens (tertiary/aromatic N) is 2. The van der Waals surface area contributed by atoms with Gasteiger partial charge >= 0.3 is 0 Å². The van der Waals surface area contributed by atoms with Gasteiger partial charge in [0.1, 0.15) is 0 Å². The summed E-state index contributed by atoms with van der Waals surface area (Å²) in [6.07, 6.45) is 12.8. The Hall–Kier alpha value is -0.870. The summed E-state index contributed by atoms with van der Waals surface area (Å²) in [6.45, 7) is 4.12. The molecule has 2 atom stereocenters. The highest BCUT2D eigenvalue weighted by Crippen LogP contribution is 2.38. The van der Waals surface area contributed by atoms with Crippen LogP contribution in [0, 0.1) is 0 Å². The van der Waals surface area contributed by atoms with Crippen LogP contribution in [-0.4, -0.2) is 34.1 Å². The zero-order valence-electron chi connectivity index (χ0n) is 12.6. The quantitative estimate of drug-likeness (QED) is 0.920. The lowest BCUT2D eigenvalue weighted by Gasteiger charge is -2.44. The van der Waals surface area contributed by atoms with Crippen LogP contribution in [0.3, 0.4) is 0 Å². The van der Waals surface area contributed by atoms with E-state index in [1.807, 2.05) is 23.1 Å². The average molecular weight is 277 g/mol. The van der Waals surface area contributed by atoms with Gasteiger partial charge in [0, 0.05) is 31.1 Å². The highest BCUT2D eigenvalue weighted by Gasteiger charge is 2.38. The predicted octanol–water partition coefficient (Wildman–Crippen LogP) is 2.74. The lowest BCUT2D eigenvalue weighted by molar-refractivity contribution is -0.110. The van der Waals surface area contributed by atoms with Gasteiger partial charge in [-0.3, -0.25) is 4.68 Å². The van der Waals surface area contributed by atoms with Gasteiger partial charge in [-0.2, -0.15) is 5.10 Å². The van der Waals surface area contributed by atoms with E-state index in [4.69, 9.17) is 4.74 Å². The van der Waals surface area contributed by atoms with E-state index in [0.29, 0.717) is 12.1 Å². The van der Waals surface area contributed by atoms with Crippen LogP contribution in [0.25, 0.3) is 0 Å². The van der Waals surface area contributed by atoms with Crippen molar-refractivity contribution in [2.24, 2.45) is 0 Å². The molecule has 1 saturated heterocycles. The smallest absolute Gasteiger partial charge is 0.0697 e. The van der Waals surface area contributed by atoms with Crippen molar-refractivity contribution in [2.75, 3.05) is 6.61 Å². The first-order valence-corrected chi connectivity index (χ1v) is 8.13. The molecule has 2 fully saturated rings. The lowest BCUT2D eigenvalue weighted by Crippen LogP contribution is -2.50. The van der Waals surface area contributed by atoms with Crippen molar-refractivity contribution in [3.05, 3.63) is 18.5 Å². The molecule has 3 rings (SSSR count). The van der Waals surface area contributed by atoms with E-state index in [-0.39, 0.29) is 5.60 Å². The fourth-order valence-electron chi connectivity index (χ4n) is 3.86. The standard InChI is InChI=1S/C16H27N3O/c1-14(13-19-10-5-9-17-19)18-15-6-11-20-16(12-15)7-3-2-4-8-16/h5,9-10,14-15,18H,2-4,6-8,11-13H2,1H3. The molecule has 1 aromatic rings. The summed E-state index contributed by atoms with van der Waals surface area (Å²) in [6, 6.07) is 3.05. The van der Waals surface area contributed by atoms with Gasteiger partial charge in [0.15, 0.2) is 0 Å². The van der Waals surface area contributed by atoms with Crippen LogP contribution in [0.4, 0.5) is 0 Å². The normalized spacial score (nSPS) is 27.6. The Morgan fingerprint density at radius 3 is 3.00 bits per heavy atom. The Morgan fingerprint density at radius 1 is 1.40 bits per heavy atom. The molecule has 2 unspecified atom stereocenters. The number of nitrogens with one attached hydrogen (secondary N) is 1. The van der Waals surface area contributed by atoms with Crippen LogP contribution in [0.15, 0.2) is 18.5 Å². The van der Waals surface area contributed by atoms with Gasteiger partial charge in [-0.25, -0.2) is 0 Å². The third-order valence-electron chi connectivity index (χ3n) is 4.80. The van der Waals surface area contributed by atoms with Crippen LogP contribution in [0.5, 0.6) is 0 Å². The third kappa shape index (κ3) is 3.41. The minimum Gasteiger partial charge on any atom is -0.375 e. The molecule has 1 aliphatic carbocycles. The van der Waals surface area contributed by atoms with Gasteiger partial charge in [-0.05, 0) is 38.7 Å². The maximum atomic E-state index is 6.17. The second kappa shape index (κ2) is 6.27. The van der Waals surface area contributed by atoms with E-state index in [0.717, 1.165) is 19.6 Å². The van der Waals surface area contributed by atoms with Crippen molar-refractivity contribution in [1.82, 2.24) is 15.1 Å². The molecule has 1 spiro atoms. The Kier molecular flexibility index (Phi) is 4.41. The molecule has 1 aliphatic heterocycles. The number of ether oxygens (including phenoxy) is 1. The van der Waals surface area contributed by atoms with Crippen LogP contribution in [0.1, 0.15) is 51.9 Å². The molecule has 0 amide bonds. The molecular weight excluding hydrogens is 250 g/mol. The topological polar surface area (TPSA) is 39.1 Å². The molecule has 0 radical (unpaired) electrons. The Balaban J connectivity index is 1.51. The lowest BCUT2D eigenvalue weighted by atomic mass is 9.78. The SMILES string of the molecule is CC(Cn1cccn1)NC1CCOC2(CCCCC2)C1. The van der Waals surface area contributed by atoms with Crippen LogP contribution < -0.4 is 5.32 Å². The van der Waals surface area contributed by atoms with Crippen molar-refractivity contribution in [3.63, 3.8) is 0 Å². The fraction of sp³-hybridized carbons (Fsp3) is 0.812. The summed E-state index contributed by atoms with van der Waals surface area (Å²) in [7, 11) is 0. The summed E-state index contributed by atoms with van der Waals surface area (Å²) in [5.74, 6) is 0. The first kappa shape index (κ1) is 14.1. The van der Waals surface area contributed by atoms with E-state index in [1.165, 1.54) is 38.5 Å². The van der Waals surface area contributed by atoms with Gasteiger partial charge < -0.3 is 10.1 Å². The molecule has 0 aromatic carbocycles. The summed E-state index contributed by atoms with van der Waals surface area (Å²) in [5.41, 5.74) is 0.194. The third-order valence-corrected chi connectivity index (χ3v) is 4.80. The van der Waals surface area contributed by atoms with Crippen molar-refractivity contribution >= 4 is 0 Å². The molecule has 112 valence electrons. The molecule has 2 aliphatic rings. The molecule has 1 N–H and O–H groups in total. The van der Waals surface area contributed by atoms with E-state index in [2.05, 4.69) is 17.3 Å². The Labute approximate surface area is 121 Å². The second-order valence-electron chi connectivity index (χ2n) is 6.58. The summed E-state index contributed by atoms with van der Waals surface area (Å²) < 4.78 is 8.17. The molecule has 4 heteroatoms. The van der Waals surface area contributed by atoms with Gasteiger partial charge in [-0.1, -0.05) is 19.3 Å². The van der Waals surface area contributed by atoms with Crippen molar-refractivity contribution in [3.8, 4) is 0 Å². The number of rotatable bonds is 4. The van der Waals surface area contributed by atoms with E-state index in [9.17, 15) is 0 Å². The Bertz CT molecular complexity index is 392. The van der Waals surface area contributed by atoms with Gasteiger partial charge in [-0.15, -0.1) is 0 Å². The summed E-state index contributed by atoms with van der Waals surface area (Å²) in [5, 5.41) is 8.07.